The van der Waals surface area contributed by atoms with Crippen molar-refractivity contribution >= 4 is 11.4 Å². The smallest absolute Gasteiger partial charge is 0.173 e. The van der Waals surface area contributed by atoms with Crippen molar-refractivity contribution in [3.8, 4) is 0 Å². The van der Waals surface area contributed by atoms with E-state index in [2.05, 4.69) is 98.9 Å². The highest BCUT2D eigenvalue weighted by Crippen LogP contribution is 2.31. The summed E-state index contributed by atoms with van der Waals surface area (Å²) in [6.45, 7) is 5.38. The van der Waals surface area contributed by atoms with Crippen LogP contribution in [0.2, 0.25) is 0 Å². The molecule has 0 bridgehead atoms. The molecule has 33 heavy (non-hydrogen) atoms. The van der Waals surface area contributed by atoms with Gasteiger partial charge in [0.25, 0.3) is 0 Å². The van der Waals surface area contributed by atoms with Crippen molar-refractivity contribution in [3.05, 3.63) is 66.0 Å². The van der Waals surface area contributed by atoms with E-state index in [1.54, 1.807) is 0 Å². The van der Waals surface area contributed by atoms with Crippen LogP contribution in [0.25, 0.3) is 0 Å². The molecule has 1 aromatic heterocycles. The van der Waals surface area contributed by atoms with E-state index >= 15 is 0 Å². The number of anilines is 2. The van der Waals surface area contributed by atoms with Crippen molar-refractivity contribution in [1.82, 2.24) is 25.1 Å². The van der Waals surface area contributed by atoms with Crippen molar-refractivity contribution in [1.29, 1.82) is 0 Å². The maximum atomic E-state index is 5.88. The number of aromatic nitrogens is 4. The predicted octanol–water partition coefficient (Wildman–Crippen LogP) is 2.83. The molecule has 5 rings (SSSR count). The highest BCUT2D eigenvalue weighted by Gasteiger charge is 2.31. The van der Waals surface area contributed by atoms with E-state index in [9.17, 15) is 0 Å². The van der Waals surface area contributed by atoms with Crippen LogP contribution in [0, 0.1) is 0 Å². The molecule has 2 aromatic carbocycles. The predicted molar refractivity (Wildman–Crippen MR) is 130 cm³/mol. The maximum absolute atomic E-state index is 5.88. The summed E-state index contributed by atoms with van der Waals surface area (Å²) in [6.07, 6.45) is 2.37. The molecule has 0 amide bonds. The lowest BCUT2D eigenvalue weighted by Gasteiger charge is -2.40. The minimum atomic E-state index is 0.00976. The first-order valence-corrected chi connectivity index (χ1v) is 11.9. The van der Waals surface area contributed by atoms with Crippen LogP contribution in [0.5, 0.6) is 0 Å². The second-order valence-electron chi connectivity index (χ2n) is 9.10. The Morgan fingerprint density at radius 3 is 2.42 bits per heavy atom. The van der Waals surface area contributed by atoms with Gasteiger partial charge in [0, 0.05) is 58.3 Å². The Balaban J connectivity index is 1.41. The average molecular weight is 448 g/mol. The summed E-state index contributed by atoms with van der Waals surface area (Å²) < 4.78 is 7.84. The fourth-order valence-corrected chi connectivity index (χ4v) is 4.87. The molecule has 2 atom stereocenters. The second-order valence-corrected chi connectivity index (χ2v) is 9.10. The number of piperazine rings is 1. The van der Waals surface area contributed by atoms with Crippen LogP contribution in [-0.4, -0.2) is 78.1 Å². The molecular weight excluding hydrogens is 414 g/mol. The first-order chi connectivity index (χ1) is 16.2. The zero-order chi connectivity index (χ0) is 22.6. The first-order valence-electron chi connectivity index (χ1n) is 11.9. The molecule has 2 fully saturated rings. The Hall–Kier alpha value is -2.97. The summed E-state index contributed by atoms with van der Waals surface area (Å²) in [5, 5.41) is 13.0. The highest BCUT2D eigenvalue weighted by atomic mass is 16.5. The lowest BCUT2D eigenvalue weighted by atomic mass is 10.0. The summed E-state index contributed by atoms with van der Waals surface area (Å²) in [5.41, 5.74) is 3.69. The molecule has 3 aromatic rings. The monoisotopic (exact) mass is 447 g/mol. The van der Waals surface area contributed by atoms with Gasteiger partial charge >= 0.3 is 0 Å². The molecule has 174 valence electrons. The summed E-state index contributed by atoms with van der Waals surface area (Å²) in [4.78, 5) is 7.10. The molecule has 2 saturated heterocycles. The van der Waals surface area contributed by atoms with E-state index in [-0.39, 0.29) is 12.1 Å². The van der Waals surface area contributed by atoms with Gasteiger partial charge in [-0.25, -0.2) is 4.68 Å². The van der Waals surface area contributed by atoms with Gasteiger partial charge in [-0.1, -0.05) is 30.3 Å². The van der Waals surface area contributed by atoms with E-state index in [1.807, 2.05) is 4.68 Å². The SMILES string of the molecule is CN(C)c1ccc([C@@H](c2nnnn2C[C@@H]2CCCO2)N2CCN(c3ccccc3)CC2)cc1. The van der Waals surface area contributed by atoms with Crippen LogP contribution in [0.15, 0.2) is 54.6 Å². The van der Waals surface area contributed by atoms with Crippen molar-refractivity contribution in [3.63, 3.8) is 0 Å². The van der Waals surface area contributed by atoms with E-state index in [1.165, 1.54) is 16.9 Å². The fraction of sp³-hybridized carbons (Fsp3) is 0.480. The number of benzene rings is 2. The molecule has 0 saturated carbocycles. The number of para-hydroxylation sites is 1. The van der Waals surface area contributed by atoms with Gasteiger partial charge in [-0.05, 0) is 53.1 Å². The Labute approximate surface area is 195 Å². The van der Waals surface area contributed by atoms with Crippen LogP contribution in [0.3, 0.4) is 0 Å². The lowest BCUT2D eigenvalue weighted by molar-refractivity contribution is 0.0906. The molecule has 8 nitrogen and oxygen atoms in total. The summed E-state index contributed by atoms with van der Waals surface area (Å²) in [6, 6.07) is 19.5. The highest BCUT2D eigenvalue weighted by molar-refractivity contribution is 5.48. The molecule has 0 spiro atoms. The number of tetrazole rings is 1. The van der Waals surface area contributed by atoms with Crippen LogP contribution >= 0.6 is 0 Å². The average Bonchev–Trinajstić information content (AvgIpc) is 3.54. The normalized spacial score (nSPS) is 20.2. The Morgan fingerprint density at radius 1 is 1.00 bits per heavy atom. The molecule has 0 N–H and O–H groups in total. The molecular formula is C25H33N7O. The molecule has 8 heteroatoms. The van der Waals surface area contributed by atoms with E-state index in [4.69, 9.17) is 4.74 Å². The van der Waals surface area contributed by atoms with Gasteiger partial charge in [0.2, 0.25) is 0 Å². The third-order valence-electron chi connectivity index (χ3n) is 6.73. The van der Waals surface area contributed by atoms with Gasteiger partial charge in [-0.2, -0.15) is 0 Å². The summed E-state index contributed by atoms with van der Waals surface area (Å²) in [7, 11) is 4.13. The van der Waals surface area contributed by atoms with Crippen LogP contribution in [0.1, 0.15) is 30.3 Å². The van der Waals surface area contributed by atoms with Crippen molar-refractivity contribution in [2.45, 2.75) is 31.5 Å². The van der Waals surface area contributed by atoms with Crippen molar-refractivity contribution < 1.29 is 4.74 Å². The summed E-state index contributed by atoms with van der Waals surface area (Å²) in [5.74, 6) is 0.899. The number of rotatable bonds is 7. The second kappa shape index (κ2) is 9.89. The van der Waals surface area contributed by atoms with Crippen molar-refractivity contribution in [2.75, 3.05) is 56.7 Å². The van der Waals surface area contributed by atoms with Gasteiger partial charge in [-0.15, -0.1) is 5.10 Å². The molecule has 2 aliphatic rings. The zero-order valence-electron chi connectivity index (χ0n) is 19.5. The minimum Gasteiger partial charge on any atom is -0.378 e. The lowest BCUT2D eigenvalue weighted by Crippen LogP contribution is -2.48. The molecule has 0 unspecified atom stereocenters. The first kappa shape index (κ1) is 21.9. The third kappa shape index (κ3) is 4.86. The Kier molecular flexibility index (Phi) is 6.55. The van der Waals surface area contributed by atoms with Gasteiger partial charge in [0.05, 0.1) is 18.7 Å². The number of hydrogen-bond donors (Lipinski definition) is 0. The largest absolute Gasteiger partial charge is 0.378 e. The Bertz CT molecular complexity index is 1010. The maximum Gasteiger partial charge on any atom is 0.173 e. The third-order valence-corrected chi connectivity index (χ3v) is 6.73. The van der Waals surface area contributed by atoms with Crippen LogP contribution in [0.4, 0.5) is 11.4 Å². The van der Waals surface area contributed by atoms with Gasteiger partial charge in [-0.3, -0.25) is 4.90 Å². The molecule has 0 radical (unpaired) electrons. The van der Waals surface area contributed by atoms with E-state index in [0.29, 0.717) is 6.54 Å². The molecule has 0 aliphatic carbocycles. The van der Waals surface area contributed by atoms with Crippen LogP contribution in [-0.2, 0) is 11.3 Å². The van der Waals surface area contributed by atoms with Gasteiger partial charge in [0.1, 0.15) is 0 Å². The molecule has 2 aliphatic heterocycles. The van der Waals surface area contributed by atoms with Gasteiger partial charge < -0.3 is 14.5 Å². The fourth-order valence-electron chi connectivity index (χ4n) is 4.87. The number of nitrogens with zero attached hydrogens (tertiary/aromatic N) is 7. The quantitative estimate of drug-likeness (QED) is 0.552. The Morgan fingerprint density at radius 2 is 1.76 bits per heavy atom. The minimum absolute atomic E-state index is 0.00976. The van der Waals surface area contributed by atoms with Gasteiger partial charge in [0.15, 0.2) is 5.82 Å². The number of ether oxygens (including phenoxy) is 1. The standard InChI is InChI=1S/C25H33N7O/c1-29(2)21-12-10-20(11-13-21)24(25-26-27-28-32(25)19-23-9-6-18-33-23)31-16-14-30(15-17-31)22-7-4-3-5-8-22/h3-5,7-8,10-13,23-24H,6,9,14-19H2,1-2H3/t23-,24-/m0/s1. The molecule has 3 heterocycles. The summed E-state index contributed by atoms with van der Waals surface area (Å²) >= 11 is 0. The number of hydrogen-bond acceptors (Lipinski definition) is 7. The topological polar surface area (TPSA) is 62.6 Å². The van der Waals surface area contributed by atoms with Crippen molar-refractivity contribution in [2.24, 2.45) is 0 Å². The zero-order valence-corrected chi connectivity index (χ0v) is 19.5. The van der Waals surface area contributed by atoms with E-state index in [0.717, 1.165) is 51.5 Å². The van der Waals surface area contributed by atoms with E-state index < -0.39 is 0 Å². The van der Waals surface area contributed by atoms with Crippen LogP contribution < -0.4 is 9.80 Å².